The molecule has 0 radical (unpaired) electrons. The van der Waals surface area contributed by atoms with Gasteiger partial charge < -0.3 is 39.0 Å². The van der Waals surface area contributed by atoms with Gasteiger partial charge in [-0.25, -0.2) is 4.79 Å². The molecule has 83 heavy (non-hydrogen) atoms. The molecule has 1 aliphatic rings. The van der Waals surface area contributed by atoms with Gasteiger partial charge >= 0.3 is 23.9 Å². The van der Waals surface area contributed by atoms with Crippen molar-refractivity contribution in [3.8, 4) is 0 Å². The summed E-state index contributed by atoms with van der Waals surface area (Å²) in [6, 6.07) is 0. The van der Waals surface area contributed by atoms with Crippen LogP contribution in [0.4, 0.5) is 0 Å². The minimum atomic E-state index is -1.92. The Morgan fingerprint density at radius 3 is 1.17 bits per heavy atom. The number of carbonyl (C=O) groups is 4. The number of hydrogen-bond acceptors (Lipinski definition) is 11. The van der Waals surface area contributed by atoms with E-state index in [1.807, 2.05) is 0 Å². The van der Waals surface area contributed by atoms with E-state index in [9.17, 15) is 34.5 Å². The van der Waals surface area contributed by atoms with Crippen molar-refractivity contribution in [3.63, 3.8) is 0 Å². The lowest BCUT2D eigenvalue weighted by molar-refractivity contribution is -0.301. The minimum absolute atomic E-state index is 0.0384. The molecule has 474 valence electrons. The third-order valence-electron chi connectivity index (χ3n) is 14.6. The summed E-state index contributed by atoms with van der Waals surface area (Å²) in [6.45, 7) is 5.77. The zero-order chi connectivity index (χ0) is 60.3. The average molecular weight is 1160 g/mol. The first-order chi connectivity index (χ1) is 40.6. The normalized spacial score (nSPS) is 18.2. The van der Waals surface area contributed by atoms with Gasteiger partial charge in [-0.15, -0.1) is 0 Å². The molecule has 0 aromatic rings. The first-order valence-corrected chi connectivity index (χ1v) is 33.2. The molecule has 6 unspecified atom stereocenters. The van der Waals surface area contributed by atoms with Gasteiger partial charge in [-0.05, 0) is 116 Å². The predicted octanol–water partition coefficient (Wildman–Crippen LogP) is 18.0. The minimum Gasteiger partial charge on any atom is -0.479 e. The molecule has 1 rings (SSSR count). The average Bonchev–Trinajstić information content (AvgIpc) is 3.60. The Morgan fingerprint density at radius 2 is 0.759 bits per heavy atom. The lowest BCUT2D eigenvalue weighted by Crippen LogP contribution is -2.61. The van der Waals surface area contributed by atoms with E-state index < -0.39 is 67.3 Å². The molecular formula is C71H118O12. The number of carboxylic acids is 1. The first kappa shape index (κ1) is 76.7. The fourth-order valence-corrected chi connectivity index (χ4v) is 9.60. The number of aliphatic hydroxyl groups excluding tert-OH is 2. The van der Waals surface area contributed by atoms with Gasteiger partial charge in [0.25, 0.3) is 0 Å². The van der Waals surface area contributed by atoms with Crippen LogP contribution in [0.3, 0.4) is 0 Å². The molecule has 0 aliphatic carbocycles. The topological polar surface area (TPSA) is 175 Å². The number of esters is 3. The van der Waals surface area contributed by atoms with Gasteiger partial charge in [0.2, 0.25) is 0 Å². The Kier molecular flexibility index (Phi) is 53.6. The Morgan fingerprint density at radius 1 is 0.410 bits per heavy atom. The zero-order valence-corrected chi connectivity index (χ0v) is 52.4. The number of rotatable bonds is 56. The van der Waals surface area contributed by atoms with Gasteiger partial charge in [0, 0.05) is 19.3 Å². The number of aliphatic hydroxyl groups is 2. The highest BCUT2D eigenvalue weighted by molar-refractivity contribution is 5.74. The van der Waals surface area contributed by atoms with Crippen molar-refractivity contribution in [3.05, 3.63) is 97.2 Å². The van der Waals surface area contributed by atoms with Gasteiger partial charge in [0.1, 0.15) is 18.8 Å². The van der Waals surface area contributed by atoms with E-state index in [0.29, 0.717) is 19.3 Å². The Hall–Kier alpha value is -4.36. The zero-order valence-electron chi connectivity index (χ0n) is 52.4. The lowest BCUT2D eigenvalue weighted by atomic mass is 9.98. The number of hydrogen-bond donors (Lipinski definition) is 3. The quantitative estimate of drug-likeness (QED) is 0.0228. The highest BCUT2D eigenvalue weighted by atomic mass is 16.7. The highest BCUT2D eigenvalue weighted by Gasteiger charge is 2.50. The molecule has 3 N–H and O–H groups in total. The van der Waals surface area contributed by atoms with Gasteiger partial charge in [-0.1, -0.05) is 240 Å². The molecule has 1 heterocycles. The summed E-state index contributed by atoms with van der Waals surface area (Å²) in [5.41, 5.74) is 0. The van der Waals surface area contributed by atoms with Crippen LogP contribution in [0.25, 0.3) is 0 Å². The Bertz CT molecular complexity index is 1810. The van der Waals surface area contributed by atoms with E-state index in [-0.39, 0.29) is 25.9 Å². The third-order valence-corrected chi connectivity index (χ3v) is 14.6. The smallest absolute Gasteiger partial charge is 0.335 e. The second-order valence-corrected chi connectivity index (χ2v) is 22.3. The molecular weight excluding hydrogens is 1040 g/mol. The summed E-state index contributed by atoms with van der Waals surface area (Å²) in [7, 11) is 0. The number of allylic oxidation sites excluding steroid dienone is 16. The molecule has 0 saturated carbocycles. The maximum Gasteiger partial charge on any atom is 0.335 e. The van der Waals surface area contributed by atoms with E-state index in [2.05, 4.69) is 118 Å². The second-order valence-electron chi connectivity index (χ2n) is 22.3. The summed E-state index contributed by atoms with van der Waals surface area (Å²) in [6.07, 6.45) is 65.0. The van der Waals surface area contributed by atoms with Crippen molar-refractivity contribution >= 4 is 23.9 Å². The molecule has 1 fully saturated rings. The standard InChI is InChI=1S/C71H118O12/c1-4-7-10-13-16-19-22-25-28-30-32-34-37-39-42-45-48-51-54-57-63(72)79-60-62(81-64(73)58-55-52-49-46-43-40-36-27-24-21-18-15-12-9-6-3)61-80-71-69(67(76)66(75)68(83-71)70(77)78)82-65(74)59-56-53-50-47-44-41-38-35-33-31-29-26-23-20-17-14-11-8-5-2/h8-9,11-12,17-18,20-21,25-29,33,35-36,62,66-69,71,75-76H,4-7,10,13-16,19,22-24,30-32,34,37-61H2,1-3H3,(H,77,78)/b11-8-,12-9-,20-17-,21-18-,28-25-,29-26-,35-33-,36-27-. The van der Waals surface area contributed by atoms with E-state index >= 15 is 0 Å². The van der Waals surface area contributed by atoms with Crippen molar-refractivity contribution in [2.45, 2.75) is 314 Å². The summed E-state index contributed by atoms with van der Waals surface area (Å²) in [5.74, 6) is -3.16. The van der Waals surface area contributed by atoms with Crippen LogP contribution in [-0.4, -0.2) is 89.2 Å². The van der Waals surface area contributed by atoms with E-state index in [1.54, 1.807) is 0 Å². The molecule has 0 bridgehead atoms. The fourth-order valence-electron chi connectivity index (χ4n) is 9.60. The van der Waals surface area contributed by atoms with Crippen LogP contribution in [0.5, 0.6) is 0 Å². The molecule has 12 heteroatoms. The van der Waals surface area contributed by atoms with Crippen LogP contribution < -0.4 is 0 Å². The van der Waals surface area contributed by atoms with Crippen LogP contribution in [0.1, 0.15) is 278 Å². The molecule has 0 amide bonds. The number of aliphatic carboxylic acids is 1. The Balaban J connectivity index is 2.66. The molecule has 0 spiro atoms. The molecule has 0 aromatic heterocycles. The van der Waals surface area contributed by atoms with Gasteiger partial charge in [0.15, 0.2) is 24.6 Å². The number of carbonyl (C=O) groups excluding carboxylic acids is 3. The molecule has 1 saturated heterocycles. The van der Waals surface area contributed by atoms with Crippen molar-refractivity contribution in [1.82, 2.24) is 0 Å². The van der Waals surface area contributed by atoms with Crippen LogP contribution in [-0.2, 0) is 42.9 Å². The van der Waals surface area contributed by atoms with E-state index in [4.69, 9.17) is 23.7 Å². The number of carboxylic acid groups (broad SMARTS) is 1. The van der Waals surface area contributed by atoms with E-state index in [1.165, 1.54) is 83.5 Å². The molecule has 1 aliphatic heterocycles. The monoisotopic (exact) mass is 1160 g/mol. The fraction of sp³-hybridized carbons (Fsp3) is 0.718. The van der Waals surface area contributed by atoms with Gasteiger partial charge in [-0.2, -0.15) is 0 Å². The molecule has 0 aromatic carbocycles. The van der Waals surface area contributed by atoms with Crippen molar-refractivity contribution in [1.29, 1.82) is 0 Å². The molecule has 12 nitrogen and oxygen atoms in total. The van der Waals surface area contributed by atoms with Crippen LogP contribution in [0, 0.1) is 0 Å². The van der Waals surface area contributed by atoms with Crippen LogP contribution >= 0.6 is 0 Å². The summed E-state index contributed by atoms with van der Waals surface area (Å²) >= 11 is 0. The first-order valence-electron chi connectivity index (χ1n) is 33.2. The summed E-state index contributed by atoms with van der Waals surface area (Å²) in [4.78, 5) is 51.4. The Labute approximate surface area is 504 Å². The van der Waals surface area contributed by atoms with Gasteiger partial charge in [0.05, 0.1) is 6.61 Å². The third kappa shape index (κ3) is 47.6. The van der Waals surface area contributed by atoms with Crippen LogP contribution in [0.15, 0.2) is 97.2 Å². The second kappa shape index (κ2) is 58.0. The lowest BCUT2D eigenvalue weighted by Gasteiger charge is -2.40. The van der Waals surface area contributed by atoms with Crippen molar-refractivity contribution in [2.24, 2.45) is 0 Å². The van der Waals surface area contributed by atoms with Crippen molar-refractivity contribution in [2.75, 3.05) is 13.2 Å². The maximum absolute atomic E-state index is 13.2. The van der Waals surface area contributed by atoms with E-state index in [0.717, 1.165) is 135 Å². The highest BCUT2D eigenvalue weighted by Crippen LogP contribution is 2.27. The molecule has 6 atom stereocenters. The van der Waals surface area contributed by atoms with Gasteiger partial charge in [-0.3, -0.25) is 14.4 Å². The van der Waals surface area contributed by atoms with Crippen LogP contribution in [0.2, 0.25) is 0 Å². The maximum atomic E-state index is 13.2. The largest absolute Gasteiger partial charge is 0.479 e. The summed E-state index contributed by atoms with van der Waals surface area (Å²) < 4.78 is 28.5. The number of unbranched alkanes of at least 4 members (excludes halogenated alkanes) is 26. The van der Waals surface area contributed by atoms with Crippen molar-refractivity contribution < 1.29 is 58.2 Å². The predicted molar refractivity (Wildman–Crippen MR) is 340 cm³/mol. The number of ether oxygens (including phenoxy) is 5. The summed E-state index contributed by atoms with van der Waals surface area (Å²) in [5, 5.41) is 31.6. The SMILES string of the molecule is CC/C=C\C/C=C\C/C=C\C/C=C\CCCCCCCCC(=O)OC1C(OCC(COC(=O)CCCCCCCCCCC/C=C\CCCCCCCC)OC(=O)CCCCCCC/C=C\C/C=C\C/C=C\CC)OC(C(=O)O)C(O)C1O.